The summed E-state index contributed by atoms with van der Waals surface area (Å²) in [5.74, 6) is -0.234. The van der Waals surface area contributed by atoms with E-state index in [1.54, 1.807) is 25.1 Å². The molecule has 0 bridgehead atoms. The Bertz CT molecular complexity index is 563. The highest BCUT2D eigenvalue weighted by Gasteiger charge is 2.23. The van der Waals surface area contributed by atoms with E-state index in [2.05, 4.69) is 0 Å². The third-order valence-corrected chi connectivity index (χ3v) is 3.04. The lowest BCUT2D eigenvalue weighted by Crippen LogP contribution is -2.15. The van der Waals surface area contributed by atoms with Crippen molar-refractivity contribution < 1.29 is 19.2 Å². The number of rotatable bonds is 6. The van der Waals surface area contributed by atoms with Gasteiger partial charge in [0.15, 0.2) is 5.75 Å². The van der Waals surface area contributed by atoms with Crippen LogP contribution in [0.5, 0.6) is 5.75 Å². The highest BCUT2D eigenvalue weighted by molar-refractivity contribution is 5.82. The summed E-state index contributed by atoms with van der Waals surface area (Å²) < 4.78 is 9.79. The van der Waals surface area contributed by atoms with Gasteiger partial charge in [0.25, 0.3) is 0 Å². The summed E-state index contributed by atoms with van der Waals surface area (Å²) >= 11 is 0. The van der Waals surface area contributed by atoms with Crippen LogP contribution in [0.1, 0.15) is 26.3 Å². The first-order valence-corrected chi connectivity index (χ1v) is 6.50. The zero-order valence-electron chi connectivity index (χ0n) is 12.6. The van der Waals surface area contributed by atoms with E-state index in [4.69, 9.17) is 9.47 Å². The average Bonchev–Trinajstić information content (AvgIpc) is 2.44. The van der Waals surface area contributed by atoms with Crippen LogP contribution < -0.4 is 4.74 Å². The molecule has 0 heterocycles. The molecule has 21 heavy (non-hydrogen) atoms. The Labute approximate surface area is 123 Å². The van der Waals surface area contributed by atoms with Crippen LogP contribution in [-0.2, 0) is 14.9 Å². The largest absolute Gasteiger partial charge is 0.490 e. The molecule has 0 atom stereocenters. The van der Waals surface area contributed by atoms with Crippen LogP contribution in [0.15, 0.2) is 30.4 Å². The second-order valence-electron chi connectivity index (χ2n) is 4.95. The number of nitro benzene ring substituents is 1. The molecule has 1 aromatic carbocycles. The third-order valence-electron chi connectivity index (χ3n) is 3.04. The summed E-state index contributed by atoms with van der Waals surface area (Å²) in [6, 6.07) is 4.74. The molecular weight excluding hydrogens is 274 g/mol. The minimum atomic E-state index is -0.552. The molecule has 1 rings (SSSR count). The van der Waals surface area contributed by atoms with Gasteiger partial charge in [0.2, 0.25) is 0 Å². The molecule has 0 aliphatic heterocycles. The molecule has 0 fully saturated rings. The minimum absolute atomic E-state index is 0.104. The fourth-order valence-corrected chi connectivity index (χ4v) is 1.80. The van der Waals surface area contributed by atoms with Crippen LogP contribution in [0.3, 0.4) is 0 Å². The summed E-state index contributed by atoms with van der Waals surface area (Å²) in [4.78, 5) is 21.9. The van der Waals surface area contributed by atoms with Gasteiger partial charge in [0, 0.05) is 17.6 Å². The maximum absolute atomic E-state index is 11.4. The van der Waals surface area contributed by atoms with Gasteiger partial charge >= 0.3 is 11.7 Å². The fourth-order valence-electron chi connectivity index (χ4n) is 1.80. The van der Waals surface area contributed by atoms with E-state index in [1.165, 1.54) is 19.3 Å². The van der Waals surface area contributed by atoms with Crippen molar-refractivity contribution in [2.24, 2.45) is 0 Å². The Morgan fingerprint density at radius 2 is 2.10 bits per heavy atom. The zero-order valence-corrected chi connectivity index (χ0v) is 12.6. The van der Waals surface area contributed by atoms with Crippen molar-refractivity contribution in [1.29, 1.82) is 0 Å². The topological polar surface area (TPSA) is 78.7 Å². The van der Waals surface area contributed by atoms with Crippen molar-refractivity contribution in [3.8, 4) is 5.75 Å². The molecule has 114 valence electrons. The average molecular weight is 293 g/mol. The van der Waals surface area contributed by atoms with Crippen LogP contribution in [0.2, 0.25) is 0 Å². The highest BCUT2D eigenvalue weighted by atomic mass is 16.6. The molecule has 0 radical (unpaired) electrons. The number of nitrogens with zero attached hydrogens (tertiary/aromatic N) is 1. The maximum atomic E-state index is 11.4. The van der Waals surface area contributed by atoms with Crippen molar-refractivity contribution in [2.45, 2.75) is 26.2 Å². The highest BCUT2D eigenvalue weighted by Crippen LogP contribution is 2.33. The van der Waals surface area contributed by atoms with E-state index in [0.717, 1.165) is 0 Å². The van der Waals surface area contributed by atoms with Crippen molar-refractivity contribution in [1.82, 2.24) is 0 Å². The van der Waals surface area contributed by atoms with Gasteiger partial charge in [0.1, 0.15) is 0 Å². The lowest BCUT2D eigenvalue weighted by atomic mass is 9.84. The molecule has 0 aliphatic rings. The van der Waals surface area contributed by atoms with Crippen molar-refractivity contribution >= 4 is 11.7 Å². The van der Waals surface area contributed by atoms with Gasteiger partial charge in [-0.25, -0.2) is 4.79 Å². The molecule has 0 amide bonds. The van der Waals surface area contributed by atoms with Crippen LogP contribution >= 0.6 is 0 Å². The number of hydrogen-bond donors (Lipinski definition) is 0. The Morgan fingerprint density at radius 1 is 1.43 bits per heavy atom. The van der Waals surface area contributed by atoms with E-state index >= 15 is 0 Å². The first-order valence-electron chi connectivity index (χ1n) is 6.50. The van der Waals surface area contributed by atoms with Gasteiger partial charge in [-0.05, 0) is 18.6 Å². The number of carbonyl (C=O) groups is 1. The number of benzene rings is 1. The lowest BCUT2D eigenvalue weighted by molar-refractivity contribution is -0.385. The van der Waals surface area contributed by atoms with Crippen molar-refractivity contribution in [3.05, 3.63) is 46.0 Å². The van der Waals surface area contributed by atoms with Gasteiger partial charge in [-0.3, -0.25) is 10.1 Å². The number of allylic oxidation sites excluding steroid dienone is 1. The van der Waals surface area contributed by atoms with E-state index < -0.39 is 16.3 Å². The van der Waals surface area contributed by atoms with E-state index in [0.29, 0.717) is 12.2 Å². The summed E-state index contributed by atoms with van der Waals surface area (Å²) in [5.41, 5.74) is 0.0484. The van der Waals surface area contributed by atoms with E-state index in [9.17, 15) is 14.9 Å². The van der Waals surface area contributed by atoms with Crippen LogP contribution in [-0.4, -0.2) is 24.6 Å². The van der Waals surface area contributed by atoms with Crippen molar-refractivity contribution in [3.63, 3.8) is 0 Å². The predicted molar refractivity (Wildman–Crippen MR) is 78.4 cm³/mol. The Hall–Kier alpha value is -2.37. The molecule has 0 aromatic heterocycles. The lowest BCUT2D eigenvalue weighted by Gasteiger charge is -2.21. The van der Waals surface area contributed by atoms with Gasteiger partial charge in [-0.15, -0.1) is 0 Å². The van der Waals surface area contributed by atoms with Gasteiger partial charge < -0.3 is 9.47 Å². The van der Waals surface area contributed by atoms with Crippen LogP contribution in [0, 0.1) is 10.1 Å². The summed E-state index contributed by atoms with van der Waals surface area (Å²) in [6.45, 7) is 5.74. The van der Waals surface area contributed by atoms with Crippen LogP contribution in [0.25, 0.3) is 0 Å². The van der Waals surface area contributed by atoms with Gasteiger partial charge in [-0.1, -0.05) is 26.0 Å². The molecule has 0 spiro atoms. The number of carbonyl (C=O) groups excluding carboxylic acids is 1. The summed E-state index contributed by atoms with van der Waals surface area (Å²) in [5, 5.41) is 11.0. The van der Waals surface area contributed by atoms with Crippen LogP contribution in [0.4, 0.5) is 5.69 Å². The molecule has 1 aromatic rings. The second kappa shape index (κ2) is 6.88. The first-order chi connectivity index (χ1) is 9.81. The number of esters is 1. The molecule has 0 N–H and O–H groups in total. The third kappa shape index (κ3) is 4.30. The molecule has 0 unspecified atom stereocenters. The van der Waals surface area contributed by atoms with Gasteiger partial charge in [-0.2, -0.15) is 0 Å². The summed E-state index contributed by atoms with van der Waals surface area (Å²) in [6.07, 6.45) is 3.00. The SMILES string of the molecule is CCOC(=O)/C=C/C(C)(C)c1ccc(OC)c([N+](=O)[O-])c1. The zero-order chi connectivity index (χ0) is 16.0. The van der Waals surface area contributed by atoms with Crippen molar-refractivity contribution in [2.75, 3.05) is 13.7 Å². The molecule has 6 heteroatoms. The quantitative estimate of drug-likeness (QED) is 0.348. The molecule has 0 saturated heterocycles. The standard InChI is InChI=1S/C15H19NO5/c1-5-21-14(17)8-9-15(2,3)11-6-7-13(20-4)12(10-11)16(18)19/h6-10H,5H2,1-4H3/b9-8+. The van der Waals surface area contributed by atoms with E-state index in [1.807, 2.05) is 13.8 Å². The molecule has 0 saturated carbocycles. The Kier molecular flexibility index (Phi) is 5.46. The number of hydrogen-bond acceptors (Lipinski definition) is 5. The number of ether oxygens (including phenoxy) is 2. The second-order valence-corrected chi connectivity index (χ2v) is 4.95. The fraction of sp³-hybridized carbons (Fsp3) is 0.400. The monoisotopic (exact) mass is 293 g/mol. The minimum Gasteiger partial charge on any atom is -0.490 e. The number of nitro groups is 1. The van der Waals surface area contributed by atoms with E-state index in [-0.39, 0.29) is 11.4 Å². The predicted octanol–water partition coefficient (Wildman–Crippen LogP) is 3.00. The normalized spacial score (nSPS) is 11.4. The molecule has 0 aliphatic carbocycles. The first kappa shape index (κ1) is 16.7. The molecule has 6 nitrogen and oxygen atoms in total. The Morgan fingerprint density at radius 3 is 2.62 bits per heavy atom. The maximum Gasteiger partial charge on any atom is 0.330 e. The number of methoxy groups -OCH3 is 1. The van der Waals surface area contributed by atoms with Gasteiger partial charge in [0.05, 0.1) is 18.6 Å². The smallest absolute Gasteiger partial charge is 0.330 e. The Balaban J connectivity index is 3.11. The summed E-state index contributed by atoms with van der Waals surface area (Å²) in [7, 11) is 1.38. The molecular formula is C15H19NO5.